The Hall–Kier alpha value is -4.22. The number of amides is 1. The van der Waals surface area contributed by atoms with Gasteiger partial charge in [-0.1, -0.05) is 36.1 Å². The van der Waals surface area contributed by atoms with E-state index in [9.17, 15) is 4.79 Å². The van der Waals surface area contributed by atoms with E-state index < -0.39 is 12.2 Å². The van der Waals surface area contributed by atoms with Gasteiger partial charge in [0.05, 0.1) is 24.8 Å². The lowest BCUT2D eigenvalue weighted by molar-refractivity contribution is 0.132. The number of nitriles is 1. The van der Waals surface area contributed by atoms with Crippen molar-refractivity contribution >= 4 is 6.09 Å². The molecule has 1 fully saturated rings. The first-order valence-corrected chi connectivity index (χ1v) is 9.39. The van der Waals surface area contributed by atoms with Crippen molar-refractivity contribution in [2.24, 2.45) is 0 Å². The molecule has 0 radical (unpaired) electrons. The Kier molecular flexibility index (Phi) is 5.37. The van der Waals surface area contributed by atoms with Gasteiger partial charge in [-0.25, -0.2) is 4.79 Å². The van der Waals surface area contributed by atoms with Crippen LogP contribution in [0.3, 0.4) is 0 Å². The van der Waals surface area contributed by atoms with Crippen molar-refractivity contribution in [3.05, 3.63) is 101 Å². The first-order chi connectivity index (χ1) is 14.7. The second kappa shape index (κ2) is 8.43. The Morgan fingerprint density at radius 1 is 0.900 bits per heavy atom. The molecule has 1 aliphatic rings. The van der Waals surface area contributed by atoms with Gasteiger partial charge in [-0.3, -0.25) is 0 Å². The number of hydrogen-bond acceptors (Lipinski definition) is 4. The number of carbonyl (C=O) groups excluding carboxylic acids is 1. The van der Waals surface area contributed by atoms with Crippen LogP contribution in [0, 0.1) is 23.2 Å². The molecule has 1 N–H and O–H groups in total. The van der Waals surface area contributed by atoms with Crippen molar-refractivity contribution in [1.29, 1.82) is 5.26 Å². The van der Waals surface area contributed by atoms with E-state index in [1.54, 1.807) is 19.2 Å². The van der Waals surface area contributed by atoms with Crippen molar-refractivity contribution in [2.75, 3.05) is 7.11 Å². The minimum atomic E-state index is -0.464. The highest BCUT2D eigenvalue weighted by Crippen LogP contribution is 2.37. The minimum Gasteiger partial charge on any atom is -0.497 e. The fraction of sp³-hybridized carbons (Fsp3) is 0.120. The van der Waals surface area contributed by atoms with Crippen LogP contribution in [0.1, 0.15) is 40.0 Å². The number of benzene rings is 3. The van der Waals surface area contributed by atoms with Gasteiger partial charge < -0.3 is 14.8 Å². The predicted molar refractivity (Wildman–Crippen MR) is 112 cm³/mol. The summed E-state index contributed by atoms with van der Waals surface area (Å²) < 4.78 is 10.8. The molecule has 3 aromatic rings. The molecule has 1 heterocycles. The van der Waals surface area contributed by atoms with E-state index in [-0.39, 0.29) is 6.04 Å². The van der Waals surface area contributed by atoms with E-state index >= 15 is 0 Å². The van der Waals surface area contributed by atoms with Gasteiger partial charge in [-0.15, -0.1) is 0 Å². The molecule has 1 aliphatic heterocycles. The summed E-state index contributed by atoms with van der Waals surface area (Å²) in [6, 6.07) is 24.1. The zero-order chi connectivity index (χ0) is 20.9. The fourth-order valence-electron chi connectivity index (χ4n) is 3.34. The summed E-state index contributed by atoms with van der Waals surface area (Å²) in [5.74, 6) is 6.95. The molecule has 0 unspecified atom stereocenters. The Bertz CT molecular complexity index is 1180. The highest BCUT2D eigenvalue weighted by Gasteiger charge is 2.36. The van der Waals surface area contributed by atoms with Crippen molar-refractivity contribution in [2.45, 2.75) is 12.1 Å². The van der Waals surface area contributed by atoms with Crippen LogP contribution in [0.4, 0.5) is 4.79 Å². The van der Waals surface area contributed by atoms with Crippen LogP contribution in [0.5, 0.6) is 5.75 Å². The average Bonchev–Trinajstić information content (AvgIpc) is 3.20. The highest BCUT2D eigenvalue weighted by atomic mass is 16.6. The van der Waals surface area contributed by atoms with E-state index in [2.05, 4.69) is 23.2 Å². The number of alkyl carbamates (subject to hydrolysis) is 1. The minimum absolute atomic E-state index is 0.332. The maximum Gasteiger partial charge on any atom is 0.408 e. The molecule has 0 bridgehead atoms. The number of hydrogen-bond donors (Lipinski definition) is 1. The SMILES string of the molecule is COc1cccc([C@H]2OC(=O)N[C@@H]2c2cccc(C#Cc3ccc(C#N)cc3)c2)c1. The predicted octanol–water partition coefficient (Wildman–Crippen LogP) is 4.49. The molecular weight excluding hydrogens is 376 g/mol. The standard InChI is InChI=1S/C25H18N2O3/c1-29-22-7-3-6-21(15-22)24-23(27-25(28)30-24)20-5-2-4-18(14-20)11-8-17-9-12-19(16-26)13-10-17/h2-7,9-10,12-15,23-24H,1H3,(H,27,28)/t23-,24-/m1/s1. The summed E-state index contributed by atoms with van der Waals surface area (Å²) >= 11 is 0. The molecule has 2 atom stereocenters. The summed E-state index contributed by atoms with van der Waals surface area (Å²) in [6.07, 6.45) is -0.920. The molecule has 3 aromatic carbocycles. The van der Waals surface area contributed by atoms with Gasteiger partial charge >= 0.3 is 6.09 Å². The van der Waals surface area contributed by atoms with Gasteiger partial charge in [0.15, 0.2) is 6.10 Å². The zero-order valence-electron chi connectivity index (χ0n) is 16.3. The van der Waals surface area contributed by atoms with E-state index in [1.807, 2.05) is 60.7 Å². The quantitative estimate of drug-likeness (QED) is 0.665. The number of ether oxygens (including phenoxy) is 2. The number of rotatable bonds is 3. The topological polar surface area (TPSA) is 71.3 Å². The van der Waals surface area contributed by atoms with E-state index in [0.29, 0.717) is 11.3 Å². The van der Waals surface area contributed by atoms with E-state index in [4.69, 9.17) is 14.7 Å². The Labute approximate surface area is 174 Å². The second-order valence-corrected chi connectivity index (χ2v) is 6.79. The summed E-state index contributed by atoms with van der Waals surface area (Å²) in [4.78, 5) is 12.0. The molecule has 30 heavy (non-hydrogen) atoms. The van der Waals surface area contributed by atoms with E-state index in [0.717, 1.165) is 22.3 Å². The molecule has 0 aliphatic carbocycles. The molecular formula is C25H18N2O3. The van der Waals surface area contributed by atoms with Gasteiger partial charge in [-0.05, 0) is 59.7 Å². The van der Waals surface area contributed by atoms with Crippen LogP contribution in [0.2, 0.25) is 0 Å². The molecule has 5 nitrogen and oxygen atoms in total. The maximum absolute atomic E-state index is 12.0. The summed E-state index contributed by atoms with van der Waals surface area (Å²) in [5.41, 5.74) is 4.00. The molecule has 146 valence electrons. The summed E-state index contributed by atoms with van der Waals surface area (Å²) in [7, 11) is 1.60. The van der Waals surface area contributed by atoms with Crippen LogP contribution in [0.25, 0.3) is 0 Å². The first kappa shape index (κ1) is 19.1. The smallest absolute Gasteiger partial charge is 0.408 e. The fourth-order valence-corrected chi connectivity index (χ4v) is 3.34. The lowest BCUT2D eigenvalue weighted by Gasteiger charge is -2.18. The first-order valence-electron chi connectivity index (χ1n) is 9.39. The van der Waals surface area contributed by atoms with E-state index in [1.165, 1.54) is 0 Å². The number of nitrogens with zero attached hydrogens (tertiary/aromatic N) is 1. The van der Waals surface area contributed by atoms with Gasteiger partial charge in [0.25, 0.3) is 0 Å². The average molecular weight is 394 g/mol. The zero-order valence-corrected chi connectivity index (χ0v) is 16.3. The lowest BCUT2D eigenvalue weighted by Crippen LogP contribution is -2.19. The summed E-state index contributed by atoms with van der Waals surface area (Å²) in [6.45, 7) is 0. The monoisotopic (exact) mass is 394 g/mol. The van der Waals surface area contributed by atoms with Gasteiger partial charge in [0, 0.05) is 11.1 Å². The normalized spacial score (nSPS) is 17.1. The third-order valence-electron chi connectivity index (χ3n) is 4.84. The molecule has 1 saturated heterocycles. The molecule has 5 heteroatoms. The Morgan fingerprint density at radius 2 is 1.60 bits per heavy atom. The highest BCUT2D eigenvalue weighted by molar-refractivity contribution is 5.71. The molecule has 0 spiro atoms. The van der Waals surface area contributed by atoms with Crippen LogP contribution in [0.15, 0.2) is 72.8 Å². The Balaban J connectivity index is 1.61. The van der Waals surface area contributed by atoms with Crippen molar-refractivity contribution in [3.8, 4) is 23.7 Å². The largest absolute Gasteiger partial charge is 0.497 e. The lowest BCUT2D eigenvalue weighted by atomic mass is 9.95. The van der Waals surface area contributed by atoms with Gasteiger partial charge in [0.2, 0.25) is 0 Å². The number of carbonyl (C=O) groups is 1. The molecule has 4 rings (SSSR count). The van der Waals surface area contributed by atoms with Crippen LogP contribution in [-0.4, -0.2) is 13.2 Å². The molecule has 0 saturated carbocycles. The third kappa shape index (κ3) is 4.11. The van der Waals surface area contributed by atoms with Gasteiger partial charge in [0.1, 0.15) is 5.75 Å². The molecule has 1 amide bonds. The summed E-state index contributed by atoms with van der Waals surface area (Å²) in [5, 5.41) is 11.8. The third-order valence-corrected chi connectivity index (χ3v) is 4.84. The van der Waals surface area contributed by atoms with Gasteiger partial charge in [-0.2, -0.15) is 5.26 Å². The Morgan fingerprint density at radius 3 is 2.37 bits per heavy atom. The van der Waals surface area contributed by atoms with Crippen LogP contribution in [-0.2, 0) is 4.74 Å². The second-order valence-electron chi connectivity index (χ2n) is 6.79. The number of cyclic esters (lactones) is 1. The van der Waals surface area contributed by atoms with Crippen molar-refractivity contribution < 1.29 is 14.3 Å². The molecule has 0 aromatic heterocycles. The number of methoxy groups -OCH3 is 1. The van der Waals surface area contributed by atoms with Crippen LogP contribution < -0.4 is 10.1 Å². The number of nitrogens with one attached hydrogen (secondary N) is 1. The van der Waals surface area contributed by atoms with Crippen LogP contribution >= 0.6 is 0 Å². The van der Waals surface area contributed by atoms with Crippen molar-refractivity contribution in [3.63, 3.8) is 0 Å². The maximum atomic E-state index is 12.0. The van der Waals surface area contributed by atoms with Crippen molar-refractivity contribution in [1.82, 2.24) is 5.32 Å².